The van der Waals surface area contributed by atoms with E-state index in [2.05, 4.69) is 27.7 Å². The highest BCUT2D eigenvalue weighted by Crippen LogP contribution is 2.30. The van der Waals surface area contributed by atoms with Gasteiger partial charge in [0.05, 0.1) is 48.7 Å². The number of carboxylic acids is 3. The van der Waals surface area contributed by atoms with Crippen LogP contribution >= 0.6 is 0 Å². The standard InChI is InChI=1S/C48H82O12/c1-5-9-13-17-21-25-29-33-56-47(60-46(55)42-38-40(44(51)52)39(43(49)50)37-41(42)45(53)54)48(57-34-30-26-22-18-14-10-6-2,58-35-31-27-23-19-15-11-7-3)59-36-32-28-24-20-16-12-8-4/h37-38,47H,5-36H2,1-4H3,(H,49,50)(H,51,52)(H,53,54). The third kappa shape index (κ3) is 23.8. The maximum atomic E-state index is 14.2. The normalized spacial score (nSPS) is 12.1. The molecule has 0 aliphatic heterocycles. The highest BCUT2D eigenvalue weighted by molar-refractivity contribution is 6.09. The lowest BCUT2D eigenvalue weighted by molar-refractivity contribution is -0.449. The van der Waals surface area contributed by atoms with Crippen LogP contribution in [0.2, 0.25) is 0 Å². The van der Waals surface area contributed by atoms with Gasteiger partial charge in [-0.3, -0.25) is 0 Å². The van der Waals surface area contributed by atoms with E-state index in [1.807, 2.05) is 0 Å². The molecule has 0 heterocycles. The largest absolute Gasteiger partial charge is 0.478 e. The number of hydrogen-bond donors (Lipinski definition) is 3. The predicted molar refractivity (Wildman–Crippen MR) is 235 cm³/mol. The molecule has 0 spiro atoms. The Balaban J connectivity index is 3.61. The van der Waals surface area contributed by atoms with Crippen LogP contribution in [0.15, 0.2) is 12.1 Å². The number of unbranched alkanes of at least 4 members (excludes halogenated alkanes) is 24. The number of benzene rings is 1. The van der Waals surface area contributed by atoms with E-state index in [-0.39, 0.29) is 26.4 Å². The third-order valence-electron chi connectivity index (χ3n) is 10.7. The molecule has 0 fully saturated rings. The predicted octanol–water partition coefficient (Wildman–Crippen LogP) is 13.0. The van der Waals surface area contributed by atoms with E-state index in [9.17, 15) is 34.5 Å². The summed E-state index contributed by atoms with van der Waals surface area (Å²) in [4.78, 5) is 50.6. The summed E-state index contributed by atoms with van der Waals surface area (Å²) >= 11 is 0. The molecular formula is C48H82O12. The van der Waals surface area contributed by atoms with Gasteiger partial charge in [-0.15, -0.1) is 0 Å². The lowest BCUT2D eigenvalue weighted by atomic mass is 9.98. The molecule has 1 unspecified atom stereocenters. The highest BCUT2D eigenvalue weighted by atomic mass is 16.9. The molecule has 346 valence electrons. The van der Waals surface area contributed by atoms with Crippen molar-refractivity contribution in [3.63, 3.8) is 0 Å². The summed E-state index contributed by atoms with van der Waals surface area (Å²) < 4.78 is 32.0. The Bertz CT molecular complexity index is 1250. The van der Waals surface area contributed by atoms with Gasteiger partial charge in [0.25, 0.3) is 6.29 Å². The molecule has 0 bridgehead atoms. The SMILES string of the molecule is CCCCCCCCCOC(OC(=O)c1cc(C(=O)O)c(C(=O)O)cc1C(=O)O)C(OCCCCCCCCC)(OCCCCCCCCC)OCCCCCCCCC. The summed E-state index contributed by atoms with van der Waals surface area (Å²) in [6.45, 7) is 9.52. The Morgan fingerprint density at radius 2 is 0.683 bits per heavy atom. The molecule has 1 rings (SSSR count). The zero-order valence-electron chi connectivity index (χ0n) is 37.9. The van der Waals surface area contributed by atoms with Crippen LogP contribution in [-0.4, -0.2) is 77.9 Å². The molecule has 0 saturated heterocycles. The van der Waals surface area contributed by atoms with Crippen LogP contribution in [0, 0.1) is 0 Å². The fourth-order valence-electron chi connectivity index (χ4n) is 7.07. The summed E-state index contributed by atoms with van der Waals surface area (Å²) in [6, 6.07) is 1.39. The monoisotopic (exact) mass is 851 g/mol. The molecule has 1 atom stereocenters. The van der Waals surface area contributed by atoms with Gasteiger partial charge in [-0.05, 0) is 37.8 Å². The highest BCUT2D eigenvalue weighted by Gasteiger charge is 2.48. The number of hydrogen-bond acceptors (Lipinski definition) is 9. The zero-order valence-corrected chi connectivity index (χ0v) is 37.9. The van der Waals surface area contributed by atoms with Crippen LogP contribution in [0.1, 0.15) is 249 Å². The number of rotatable bonds is 42. The lowest BCUT2D eigenvalue weighted by Crippen LogP contribution is -2.54. The van der Waals surface area contributed by atoms with Gasteiger partial charge >= 0.3 is 29.9 Å². The molecule has 1 aromatic carbocycles. The summed E-state index contributed by atoms with van der Waals surface area (Å²) in [5.41, 5.74) is -2.90. The Kier molecular flexibility index (Phi) is 32.5. The van der Waals surface area contributed by atoms with E-state index in [1.165, 1.54) is 44.9 Å². The van der Waals surface area contributed by atoms with E-state index in [0.717, 1.165) is 115 Å². The topological polar surface area (TPSA) is 175 Å². The second kappa shape index (κ2) is 35.5. The first kappa shape index (κ1) is 55.0. The van der Waals surface area contributed by atoms with E-state index >= 15 is 0 Å². The van der Waals surface area contributed by atoms with Crippen molar-refractivity contribution in [3.05, 3.63) is 34.4 Å². The van der Waals surface area contributed by atoms with Crippen molar-refractivity contribution in [1.29, 1.82) is 0 Å². The number of carbonyl (C=O) groups excluding carboxylic acids is 1. The summed E-state index contributed by atoms with van der Waals surface area (Å²) in [7, 11) is 0. The van der Waals surface area contributed by atoms with Crippen molar-refractivity contribution < 1.29 is 58.2 Å². The second-order valence-electron chi connectivity index (χ2n) is 16.1. The maximum absolute atomic E-state index is 14.2. The Hall–Kier alpha value is -3.06. The third-order valence-corrected chi connectivity index (χ3v) is 10.7. The van der Waals surface area contributed by atoms with Crippen molar-refractivity contribution in [2.75, 3.05) is 26.4 Å². The number of aromatic carboxylic acids is 3. The number of ether oxygens (including phenoxy) is 5. The molecule has 0 radical (unpaired) electrons. The second-order valence-corrected chi connectivity index (χ2v) is 16.1. The number of carboxylic acid groups (broad SMARTS) is 3. The van der Waals surface area contributed by atoms with Crippen molar-refractivity contribution >= 4 is 23.9 Å². The molecular weight excluding hydrogens is 769 g/mol. The molecule has 0 saturated carbocycles. The van der Waals surface area contributed by atoms with Crippen LogP contribution in [0.5, 0.6) is 0 Å². The van der Waals surface area contributed by atoms with Crippen LogP contribution in [0.25, 0.3) is 0 Å². The maximum Gasteiger partial charge on any atom is 0.349 e. The van der Waals surface area contributed by atoms with Crippen molar-refractivity contribution in [2.24, 2.45) is 0 Å². The van der Waals surface area contributed by atoms with Gasteiger partial charge in [-0.1, -0.05) is 182 Å². The van der Waals surface area contributed by atoms with Crippen molar-refractivity contribution in [3.8, 4) is 0 Å². The molecule has 0 aromatic heterocycles. The molecule has 1 aromatic rings. The van der Waals surface area contributed by atoms with Gasteiger partial charge in [0, 0.05) is 0 Å². The zero-order chi connectivity index (χ0) is 44.3. The molecule has 60 heavy (non-hydrogen) atoms. The average molecular weight is 851 g/mol. The minimum Gasteiger partial charge on any atom is -0.478 e. The first-order chi connectivity index (χ1) is 29.1. The minimum atomic E-state index is -2.01. The molecule has 0 aliphatic rings. The van der Waals surface area contributed by atoms with Crippen LogP contribution in [0.4, 0.5) is 0 Å². The van der Waals surface area contributed by atoms with Gasteiger partial charge in [0.1, 0.15) is 0 Å². The molecule has 12 nitrogen and oxygen atoms in total. The van der Waals surface area contributed by atoms with Crippen LogP contribution in [-0.2, 0) is 23.7 Å². The Labute approximate surface area is 361 Å². The minimum absolute atomic E-state index is 0.153. The molecule has 3 N–H and O–H groups in total. The summed E-state index contributed by atoms with van der Waals surface area (Å²) in [5, 5.41) is 29.6. The lowest BCUT2D eigenvalue weighted by Gasteiger charge is -2.38. The first-order valence-electron chi connectivity index (χ1n) is 23.7. The fourth-order valence-corrected chi connectivity index (χ4v) is 7.07. The summed E-state index contributed by atoms with van der Waals surface area (Å²) in [5.74, 6) is -8.17. The van der Waals surface area contributed by atoms with E-state index in [1.54, 1.807) is 0 Å². The van der Waals surface area contributed by atoms with E-state index < -0.39 is 58.4 Å². The first-order valence-corrected chi connectivity index (χ1v) is 23.7. The van der Waals surface area contributed by atoms with Gasteiger partial charge in [-0.25, -0.2) is 19.2 Å². The molecule has 0 aliphatic carbocycles. The van der Waals surface area contributed by atoms with Gasteiger partial charge in [-0.2, -0.15) is 0 Å². The number of esters is 1. The number of carbonyl (C=O) groups is 4. The average Bonchev–Trinajstić information content (AvgIpc) is 3.23. The van der Waals surface area contributed by atoms with Gasteiger partial charge in [0.15, 0.2) is 0 Å². The molecule has 0 amide bonds. The quantitative estimate of drug-likeness (QED) is 0.0323. The van der Waals surface area contributed by atoms with E-state index in [0.29, 0.717) is 31.7 Å². The van der Waals surface area contributed by atoms with Crippen LogP contribution in [0.3, 0.4) is 0 Å². The van der Waals surface area contributed by atoms with E-state index in [4.69, 9.17) is 23.7 Å². The Morgan fingerprint density at radius 1 is 0.417 bits per heavy atom. The molecule has 12 heteroatoms. The van der Waals surface area contributed by atoms with Crippen molar-refractivity contribution in [1.82, 2.24) is 0 Å². The van der Waals surface area contributed by atoms with Gasteiger partial charge < -0.3 is 39.0 Å². The smallest absolute Gasteiger partial charge is 0.349 e. The van der Waals surface area contributed by atoms with Crippen molar-refractivity contribution in [2.45, 2.75) is 220 Å². The van der Waals surface area contributed by atoms with Gasteiger partial charge in [0.2, 0.25) is 0 Å². The Morgan fingerprint density at radius 3 is 1.00 bits per heavy atom. The summed E-state index contributed by atoms with van der Waals surface area (Å²) in [6.07, 6.45) is 27.3. The fraction of sp³-hybridized carbons (Fsp3) is 0.792. The van der Waals surface area contributed by atoms with Crippen LogP contribution < -0.4 is 0 Å².